The van der Waals surface area contributed by atoms with Gasteiger partial charge in [0.2, 0.25) is 0 Å². The van der Waals surface area contributed by atoms with Crippen molar-refractivity contribution in [3.05, 3.63) is 59.1 Å². The van der Waals surface area contributed by atoms with Crippen molar-refractivity contribution in [2.24, 2.45) is 0 Å². The number of halogens is 1. The van der Waals surface area contributed by atoms with Crippen LogP contribution in [0.2, 0.25) is 0 Å². The molecule has 0 atom stereocenters. The zero-order valence-corrected chi connectivity index (χ0v) is 12.4. The number of rotatable bonds is 2. The number of fused-ring (bicyclic) bond motifs is 2. The van der Waals surface area contributed by atoms with Crippen LogP contribution in [0.4, 0.5) is 4.39 Å². The molecule has 4 rings (SSSR count). The summed E-state index contributed by atoms with van der Waals surface area (Å²) >= 11 is 0. The Morgan fingerprint density at radius 3 is 3.18 bits per heavy atom. The van der Waals surface area contributed by atoms with E-state index in [4.69, 9.17) is 0 Å². The minimum Gasteiger partial charge on any atom is -0.361 e. The maximum Gasteiger partial charge on any atom is 0.125 e. The van der Waals surface area contributed by atoms with Gasteiger partial charge < -0.3 is 4.98 Å². The van der Waals surface area contributed by atoms with Crippen LogP contribution < -0.4 is 0 Å². The Balaban J connectivity index is 1.57. The Bertz CT molecular complexity index is 840. The predicted molar refractivity (Wildman–Crippen MR) is 82.8 cm³/mol. The molecule has 0 bridgehead atoms. The fraction of sp³-hybridized carbons (Fsp3) is 0.294. The number of benzene rings is 1. The predicted octanol–water partition coefficient (Wildman–Crippen LogP) is 2.96. The van der Waals surface area contributed by atoms with E-state index in [0.717, 1.165) is 42.8 Å². The van der Waals surface area contributed by atoms with Crippen LogP contribution in [-0.2, 0) is 19.5 Å². The molecule has 22 heavy (non-hydrogen) atoms. The van der Waals surface area contributed by atoms with Gasteiger partial charge in [-0.1, -0.05) is 0 Å². The largest absolute Gasteiger partial charge is 0.361 e. The summed E-state index contributed by atoms with van der Waals surface area (Å²) in [5.41, 5.74) is 4.44. The van der Waals surface area contributed by atoms with Crippen LogP contribution in [0.15, 0.2) is 30.6 Å². The summed E-state index contributed by atoms with van der Waals surface area (Å²) in [7, 11) is 0. The molecule has 0 amide bonds. The van der Waals surface area contributed by atoms with Gasteiger partial charge in [0.05, 0.1) is 0 Å². The summed E-state index contributed by atoms with van der Waals surface area (Å²) in [6.45, 7) is 4.62. The normalized spacial score (nSPS) is 15.2. The second-order valence-electron chi connectivity index (χ2n) is 5.85. The maximum atomic E-state index is 13.3. The van der Waals surface area contributed by atoms with Gasteiger partial charge in [0, 0.05) is 60.6 Å². The highest BCUT2D eigenvalue weighted by atomic mass is 19.1. The van der Waals surface area contributed by atoms with Crippen LogP contribution in [-0.4, -0.2) is 26.4 Å². The smallest absolute Gasteiger partial charge is 0.125 e. The average molecular weight is 296 g/mol. The van der Waals surface area contributed by atoms with Crippen LogP contribution in [0.5, 0.6) is 0 Å². The topological polar surface area (TPSA) is 44.8 Å². The van der Waals surface area contributed by atoms with Crippen molar-refractivity contribution in [2.45, 2.75) is 26.4 Å². The van der Waals surface area contributed by atoms with E-state index in [0.29, 0.717) is 0 Å². The third-order valence-corrected chi connectivity index (χ3v) is 4.26. The lowest BCUT2D eigenvalue weighted by molar-refractivity contribution is 0.243. The highest BCUT2D eigenvalue weighted by Gasteiger charge is 2.19. The van der Waals surface area contributed by atoms with Crippen LogP contribution in [0.1, 0.15) is 22.6 Å². The number of nitrogens with one attached hydrogen (secondary N) is 1. The number of aromatic amines is 1. The minimum atomic E-state index is -0.208. The summed E-state index contributed by atoms with van der Waals surface area (Å²) < 4.78 is 13.3. The SMILES string of the molecule is Cc1ncc2c(n1)CCN(Cc1c[nH]c3cc(F)ccc13)C2. The Morgan fingerprint density at radius 1 is 1.36 bits per heavy atom. The first kappa shape index (κ1) is 13.4. The fourth-order valence-corrected chi connectivity index (χ4v) is 3.14. The first-order chi connectivity index (χ1) is 10.7. The first-order valence-electron chi connectivity index (χ1n) is 7.48. The van der Waals surface area contributed by atoms with E-state index in [9.17, 15) is 4.39 Å². The molecule has 1 aliphatic rings. The third kappa shape index (κ3) is 2.37. The summed E-state index contributed by atoms with van der Waals surface area (Å²) in [5.74, 6) is 0.631. The van der Waals surface area contributed by atoms with Crippen molar-refractivity contribution in [2.75, 3.05) is 6.54 Å². The molecular formula is C17H17FN4. The summed E-state index contributed by atoms with van der Waals surface area (Å²) in [5, 5.41) is 1.09. The van der Waals surface area contributed by atoms with Crippen molar-refractivity contribution < 1.29 is 4.39 Å². The Kier molecular flexibility index (Phi) is 3.15. The molecule has 1 N–H and O–H groups in total. The third-order valence-electron chi connectivity index (χ3n) is 4.26. The highest BCUT2D eigenvalue weighted by Crippen LogP contribution is 2.23. The van der Waals surface area contributed by atoms with Gasteiger partial charge in [-0.05, 0) is 30.7 Å². The van der Waals surface area contributed by atoms with E-state index in [1.807, 2.05) is 25.4 Å². The Labute approximate surface area is 128 Å². The van der Waals surface area contributed by atoms with Crippen molar-refractivity contribution in [1.29, 1.82) is 0 Å². The molecule has 5 heteroatoms. The van der Waals surface area contributed by atoms with Crippen molar-refractivity contribution >= 4 is 10.9 Å². The van der Waals surface area contributed by atoms with Crippen molar-refractivity contribution in [3.8, 4) is 0 Å². The molecule has 0 aliphatic carbocycles. The zero-order valence-electron chi connectivity index (χ0n) is 12.4. The molecule has 3 aromatic rings. The summed E-state index contributed by atoms with van der Waals surface area (Å²) in [6, 6.07) is 4.91. The van der Waals surface area contributed by atoms with Gasteiger partial charge in [-0.25, -0.2) is 14.4 Å². The second-order valence-corrected chi connectivity index (χ2v) is 5.85. The molecule has 4 nitrogen and oxygen atoms in total. The molecule has 1 aromatic carbocycles. The van der Waals surface area contributed by atoms with E-state index >= 15 is 0 Å². The second kappa shape index (κ2) is 5.18. The highest BCUT2D eigenvalue weighted by molar-refractivity contribution is 5.83. The van der Waals surface area contributed by atoms with Crippen LogP contribution in [0.25, 0.3) is 10.9 Å². The van der Waals surface area contributed by atoms with E-state index < -0.39 is 0 Å². The number of aryl methyl sites for hydroxylation is 1. The summed E-state index contributed by atoms with van der Waals surface area (Å²) in [4.78, 5) is 14.4. The van der Waals surface area contributed by atoms with E-state index in [2.05, 4.69) is 19.9 Å². The van der Waals surface area contributed by atoms with Gasteiger partial charge in [0.15, 0.2) is 0 Å². The molecule has 1 aliphatic heterocycles. The number of hydrogen-bond acceptors (Lipinski definition) is 3. The number of hydrogen-bond donors (Lipinski definition) is 1. The Morgan fingerprint density at radius 2 is 2.27 bits per heavy atom. The molecule has 0 radical (unpaired) electrons. The first-order valence-corrected chi connectivity index (χ1v) is 7.48. The lowest BCUT2D eigenvalue weighted by atomic mass is 10.1. The Hall–Kier alpha value is -2.27. The average Bonchev–Trinajstić information content (AvgIpc) is 2.89. The van der Waals surface area contributed by atoms with E-state index in [-0.39, 0.29) is 5.82 Å². The number of H-pyrrole nitrogens is 1. The summed E-state index contributed by atoms with van der Waals surface area (Å²) in [6.07, 6.45) is 4.87. The quantitative estimate of drug-likeness (QED) is 0.791. The number of nitrogens with zero attached hydrogens (tertiary/aromatic N) is 3. The molecule has 112 valence electrons. The van der Waals surface area contributed by atoms with E-state index in [1.54, 1.807) is 6.07 Å². The molecule has 0 spiro atoms. The molecule has 2 aromatic heterocycles. The van der Waals surface area contributed by atoms with Crippen molar-refractivity contribution in [3.63, 3.8) is 0 Å². The zero-order chi connectivity index (χ0) is 15.1. The molecule has 3 heterocycles. The molecule has 0 saturated heterocycles. The van der Waals surface area contributed by atoms with Crippen molar-refractivity contribution in [1.82, 2.24) is 19.9 Å². The van der Waals surface area contributed by atoms with Crippen LogP contribution >= 0.6 is 0 Å². The minimum absolute atomic E-state index is 0.208. The molecule has 0 unspecified atom stereocenters. The molecular weight excluding hydrogens is 279 g/mol. The monoisotopic (exact) mass is 296 g/mol. The van der Waals surface area contributed by atoms with Gasteiger partial charge in [-0.2, -0.15) is 0 Å². The lowest BCUT2D eigenvalue weighted by Gasteiger charge is -2.27. The van der Waals surface area contributed by atoms with Gasteiger partial charge in [0.1, 0.15) is 11.6 Å². The van der Waals surface area contributed by atoms with E-state index in [1.165, 1.54) is 22.9 Å². The van der Waals surface area contributed by atoms with Gasteiger partial charge >= 0.3 is 0 Å². The molecule has 0 saturated carbocycles. The lowest BCUT2D eigenvalue weighted by Crippen LogP contribution is -2.30. The maximum absolute atomic E-state index is 13.3. The van der Waals surface area contributed by atoms with Crippen LogP contribution in [0.3, 0.4) is 0 Å². The standard InChI is InChI=1S/C17H17FN4/c1-11-19-8-13-10-22(5-4-16(13)21-11)9-12-7-20-17-6-14(18)2-3-15(12)17/h2-3,6-8,20H,4-5,9-10H2,1H3. The number of aromatic nitrogens is 3. The fourth-order valence-electron chi connectivity index (χ4n) is 3.14. The van der Waals surface area contributed by atoms with Gasteiger partial charge in [-0.3, -0.25) is 4.90 Å². The molecule has 0 fully saturated rings. The van der Waals surface area contributed by atoms with Crippen LogP contribution in [0, 0.1) is 12.7 Å². The van der Waals surface area contributed by atoms with Gasteiger partial charge in [-0.15, -0.1) is 0 Å². The van der Waals surface area contributed by atoms with Gasteiger partial charge in [0.25, 0.3) is 0 Å².